The van der Waals surface area contributed by atoms with Gasteiger partial charge in [0.25, 0.3) is 0 Å². The van der Waals surface area contributed by atoms with E-state index in [1.807, 2.05) is 18.2 Å². The summed E-state index contributed by atoms with van der Waals surface area (Å²) in [5.74, 6) is 0.273. The second-order valence-corrected chi connectivity index (χ2v) is 6.21. The molecule has 3 rings (SSSR count). The molecule has 0 heterocycles. The lowest BCUT2D eigenvalue weighted by Gasteiger charge is -2.17. The molecule has 1 aliphatic rings. The summed E-state index contributed by atoms with van der Waals surface area (Å²) in [5.41, 5.74) is 18.7. The molecule has 2 aromatic rings. The Bertz CT molecular complexity index is 683. The van der Waals surface area contributed by atoms with E-state index in [1.165, 1.54) is 42.4 Å². The third-order valence-electron chi connectivity index (χ3n) is 4.65. The highest BCUT2D eigenvalue weighted by atomic mass is 14.6. The van der Waals surface area contributed by atoms with E-state index < -0.39 is 0 Å². The fourth-order valence-electron chi connectivity index (χ4n) is 3.25. The average molecular weight is 292 g/mol. The Morgan fingerprint density at radius 2 is 1.73 bits per heavy atom. The first kappa shape index (κ1) is 14.7. The third kappa shape index (κ3) is 3.01. The predicted molar refractivity (Wildman–Crippen MR) is 95.7 cm³/mol. The van der Waals surface area contributed by atoms with Crippen LogP contribution in [0.1, 0.15) is 55.2 Å². The van der Waals surface area contributed by atoms with Gasteiger partial charge in [-0.3, -0.25) is 0 Å². The summed E-state index contributed by atoms with van der Waals surface area (Å²) in [6, 6.07) is 14.7. The van der Waals surface area contributed by atoms with Crippen molar-refractivity contribution in [2.24, 2.45) is 0 Å². The van der Waals surface area contributed by atoms with Crippen LogP contribution in [0.15, 0.2) is 48.5 Å². The van der Waals surface area contributed by atoms with E-state index in [0.29, 0.717) is 5.69 Å². The van der Waals surface area contributed by atoms with Crippen molar-refractivity contribution in [1.29, 1.82) is 0 Å². The van der Waals surface area contributed by atoms with E-state index in [9.17, 15) is 0 Å². The fraction of sp³-hybridized carbons (Fsp3) is 0.300. The molecule has 0 saturated carbocycles. The Morgan fingerprint density at radius 1 is 0.955 bits per heavy atom. The smallest absolute Gasteiger partial charge is 0.0373 e. The highest BCUT2D eigenvalue weighted by Crippen LogP contribution is 2.32. The van der Waals surface area contributed by atoms with E-state index in [2.05, 4.69) is 37.3 Å². The number of rotatable bonds is 3. The van der Waals surface area contributed by atoms with Gasteiger partial charge < -0.3 is 11.5 Å². The van der Waals surface area contributed by atoms with E-state index in [0.717, 1.165) is 11.3 Å². The van der Waals surface area contributed by atoms with Crippen molar-refractivity contribution < 1.29 is 0 Å². The zero-order valence-electron chi connectivity index (χ0n) is 13.2. The van der Waals surface area contributed by atoms with Crippen molar-refractivity contribution in [2.45, 2.75) is 38.5 Å². The molecular formula is C20H24N2. The number of nitrogens with two attached hydrogens (primary N) is 2. The number of nitrogen functional groups attached to an aromatic ring is 2. The van der Waals surface area contributed by atoms with E-state index in [-0.39, 0.29) is 5.92 Å². The van der Waals surface area contributed by atoms with Crippen LogP contribution < -0.4 is 11.5 Å². The minimum atomic E-state index is 0.273. The molecule has 2 heteroatoms. The van der Waals surface area contributed by atoms with Crippen LogP contribution >= 0.6 is 0 Å². The van der Waals surface area contributed by atoms with Gasteiger partial charge in [-0.05, 0) is 60.1 Å². The Morgan fingerprint density at radius 3 is 2.36 bits per heavy atom. The molecule has 0 fully saturated rings. The summed E-state index contributed by atoms with van der Waals surface area (Å²) in [4.78, 5) is 0. The van der Waals surface area contributed by atoms with Crippen molar-refractivity contribution in [3.05, 3.63) is 65.2 Å². The van der Waals surface area contributed by atoms with Gasteiger partial charge in [0.15, 0.2) is 0 Å². The summed E-state index contributed by atoms with van der Waals surface area (Å²) in [5, 5.41) is 0. The molecule has 0 radical (unpaired) electrons. The summed E-state index contributed by atoms with van der Waals surface area (Å²) in [6.07, 6.45) is 7.45. The Labute approximate surface area is 132 Å². The molecule has 0 spiro atoms. The molecule has 1 atom stereocenters. The quantitative estimate of drug-likeness (QED) is 0.785. The van der Waals surface area contributed by atoms with E-state index >= 15 is 0 Å². The fourth-order valence-corrected chi connectivity index (χ4v) is 3.25. The van der Waals surface area contributed by atoms with Gasteiger partial charge in [-0.15, -0.1) is 0 Å². The Hall–Kier alpha value is -2.22. The van der Waals surface area contributed by atoms with Crippen LogP contribution in [0.4, 0.5) is 11.4 Å². The molecule has 2 aromatic carbocycles. The van der Waals surface area contributed by atoms with Gasteiger partial charge in [0.1, 0.15) is 0 Å². The monoisotopic (exact) mass is 292 g/mol. The first-order chi connectivity index (χ1) is 10.6. The minimum absolute atomic E-state index is 0.273. The van der Waals surface area contributed by atoms with Gasteiger partial charge in [0, 0.05) is 17.3 Å². The third-order valence-corrected chi connectivity index (χ3v) is 4.65. The second-order valence-electron chi connectivity index (χ2n) is 6.21. The Kier molecular flexibility index (Phi) is 4.19. The first-order valence-electron chi connectivity index (χ1n) is 8.09. The van der Waals surface area contributed by atoms with E-state index in [1.54, 1.807) is 0 Å². The second kappa shape index (κ2) is 6.27. The molecule has 114 valence electrons. The largest absolute Gasteiger partial charge is 0.399 e. The van der Waals surface area contributed by atoms with Crippen molar-refractivity contribution in [1.82, 2.24) is 0 Å². The summed E-state index contributed by atoms with van der Waals surface area (Å²) < 4.78 is 0. The number of hydrogen-bond acceptors (Lipinski definition) is 2. The number of benzene rings is 2. The van der Waals surface area contributed by atoms with Crippen LogP contribution in [0, 0.1) is 0 Å². The van der Waals surface area contributed by atoms with Crippen LogP contribution in [0.25, 0.3) is 5.57 Å². The van der Waals surface area contributed by atoms with Crippen molar-refractivity contribution in [3.63, 3.8) is 0 Å². The zero-order valence-corrected chi connectivity index (χ0v) is 13.2. The highest BCUT2D eigenvalue weighted by Gasteiger charge is 2.12. The van der Waals surface area contributed by atoms with Gasteiger partial charge in [0.05, 0.1) is 0 Å². The van der Waals surface area contributed by atoms with Crippen molar-refractivity contribution in [2.75, 3.05) is 11.5 Å². The summed E-state index contributed by atoms with van der Waals surface area (Å²) in [6.45, 7) is 2.19. The molecule has 0 amide bonds. The summed E-state index contributed by atoms with van der Waals surface area (Å²) >= 11 is 0. The van der Waals surface area contributed by atoms with Gasteiger partial charge in [0.2, 0.25) is 0 Å². The Balaban J connectivity index is 1.84. The lowest BCUT2D eigenvalue weighted by Crippen LogP contribution is -2.02. The van der Waals surface area contributed by atoms with Crippen molar-refractivity contribution in [3.8, 4) is 0 Å². The maximum absolute atomic E-state index is 6.12. The highest BCUT2D eigenvalue weighted by molar-refractivity contribution is 5.67. The first-order valence-corrected chi connectivity index (χ1v) is 8.09. The van der Waals surface area contributed by atoms with Crippen LogP contribution in [0.3, 0.4) is 0 Å². The predicted octanol–water partition coefficient (Wildman–Crippen LogP) is 4.96. The molecule has 22 heavy (non-hydrogen) atoms. The van der Waals surface area contributed by atoms with Gasteiger partial charge in [-0.25, -0.2) is 0 Å². The number of anilines is 2. The average Bonchev–Trinajstić information content (AvgIpc) is 2.55. The van der Waals surface area contributed by atoms with E-state index in [4.69, 9.17) is 11.5 Å². The maximum Gasteiger partial charge on any atom is 0.0373 e. The number of allylic oxidation sites excluding steroid dienone is 2. The van der Waals surface area contributed by atoms with Gasteiger partial charge in [-0.2, -0.15) is 0 Å². The molecule has 1 aliphatic carbocycles. The van der Waals surface area contributed by atoms with Crippen molar-refractivity contribution >= 4 is 16.9 Å². The standard InChI is InChI=1S/C20H24N2/c1-14(19-12-11-18(21)13-20(19)22)15-7-9-17(10-8-15)16-5-3-2-4-6-16/h5,7-14H,2-4,6,21-22H2,1H3. The number of hydrogen-bond donors (Lipinski definition) is 2. The van der Waals surface area contributed by atoms with Crippen LogP contribution in [0.2, 0.25) is 0 Å². The minimum Gasteiger partial charge on any atom is -0.399 e. The lowest BCUT2D eigenvalue weighted by atomic mass is 9.89. The molecule has 1 unspecified atom stereocenters. The zero-order chi connectivity index (χ0) is 15.5. The summed E-state index contributed by atoms with van der Waals surface area (Å²) in [7, 11) is 0. The van der Waals surface area contributed by atoms with Crippen LogP contribution in [-0.2, 0) is 0 Å². The van der Waals surface area contributed by atoms with Gasteiger partial charge in [-0.1, -0.05) is 43.3 Å². The topological polar surface area (TPSA) is 52.0 Å². The molecular weight excluding hydrogens is 268 g/mol. The maximum atomic E-state index is 6.12. The molecule has 4 N–H and O–H groups in total. The molecule has 0 aromatic heterocycles. The molecule has 0 bridgehead atoms. The van der Waals surface area contributed by atoms with Crippen LogP contribution in [-0.4, -0.2) is 0 Å². The van der Waals surface area contributed by atoms with Gasteiger partial charge >= 0.3 is 0 Å². The van der Waals surface area contributed by atoms with Crippen LogP contribution in [0.5, 0.6) is 0 Å². The SMILES string of the molecule is CC(c1ccc(C2=CCCCC2)cc1)c1ccc(N)cc1N. The molecule has 0 aliphatic heterocycles. The lowest BCUT2D eigenvalue weighted by molar-refractivity contribution is 0.742. The molecule has 0 saturated heterocycles. The molecule has 2 nitrogen and oxygen atoms in total. The normalized spacial score (nSPS) is 16.1.